The van der Waals surface area contributed by atoms with Crippen molar-refractivity contribution in [3.05, 3.63) is 27.5 Å². The number of hydrogen-bond acceptors (Lipinski definition) is 13. The molecule has 6 atom stereocenters. The van der Waals surface area contributed by atoms with E-state index in [0.717, 1.165) is 10.8 Å². The molecule has 0 saturated carbocycles. The van der Waals surface area contributed by atoms with Crippen LogP contribution in [0.2, 0.25) is 0 Å². The van der Waals surface area contributed by atoms with Gasteiger partial charge in [-0.3, -0.25) is 13.9 Å². The molecule has 0 bridgehead atoms. The number of aliphatic hydroxyl groups is 2. The molecule has 3 heterocycles. The summed E-state index contributed by atoms with van der Waals surface area (Å²) < 4.78 is 51.6. The van der Waals surface area contributed by atoms with Gasteiger partial charge in [0, 0.05) is 6.20 Å². The van der Waals surface area contributed by atoms with Gasteiger partial charge in [0.15, 0.2) is 11.9 Å². The Morgan fingerprint density at radius 3 is 2.42 bits per heavy atom. The van der Waals surface area contributed by atoms with Gasteiger partial charge in [0.25, 0.3) is 5.56 Å². The molecule has 1 aliphatic rings. The number of aromatic nitrogens is 4. The van der Waals surface area contributed by atoms with Gasteiger partial charge < -0.3 is 39.5 Å². The number of nitrogens with one attached hydrogen (secondary N) is 1. The van der Waals surface area contributed by atoms with Gasteiger partial charge in [-0.25, -0.2) is 18.7 Å². The zero-order valence-electron chi connectivity index (χ0n) is 15.7. The molecule has 3 unspecified atom stereocenters. The number of nitrogens with zero attached hydrogens (tertiary/aromatic N) is 3. The smallest absolute Gasteiger partial charge is 0.387 e. The minimum atomic E-state index is -5.73. The number of fused-ring (bicyclic) bond motifs is 1. The van der Waals surface area contributed by atoms with Crippen LogP contribution in [0.15, 0.2) is 17.2 Å². The summed E-state index contributed by atoms with van der Waals surface area (Å²) in [5, 5.41) is 20.5. The van der Waals surface area contributed by atoms with Crippen LogP contribution < -0.4 is 5.56 Å². The van der Waals surface area contributed by atoms with Crippen molar-refractivity contribution >= 4 is 46.8 Å². The third-order valence-electron chi connectivity index (χ3n) is 3.92. The molecule has 1 saturated heterocycles. The van der Waals surface area contributed by atoms with E-state index in [0.29, 0.717) is 0 Å². The predicted molar refractivity (Wildman–Crippen MR) is 105 cm³/mol. The molecule has 3 rings (SSSR count). The van der Waals surface area contributed by atoms with Crippen molar-refractivity contribution < 1.29 is 61.4 Å². The Morgan fingerprint density at radius 1 is 1.12 bits per heavy atom. The number of aromatic amines is 1. The Morgan fingerprint density at radius 2 is 1.79 bits per heavy atom. The quantitative estimate of drug-likeness (QED) is 0.150. The third kappa shape index (κ3) is 6.66. The van der Waals surface area contributed by atoms with Crippen LogP contribution in [0.25, 0.3) is 11.2 Å². The summed E-state index contributed by atoms with van der Waals surface area (Å²) in [6, 6.07) is 0. The standard InChI is InChI=1S/C11H15N4O14P3S/c16-6-1-12-4-2-15(11(33)14-9(4)13-6)10-8(18)7(17)5(27-10)3-26-31(22,23)29-32(24,25)28-30(19,20)21/h1-2,5,7-8,10,17-18H,3H2,(H,22,23)(H,24,25)(H2,19,20,21)(H,13,14,16,33)/t5-,7+,8?,10-/m1/s1. The highest BCUT2D eigenvalue weighted by Gasteiger charge is 2.46. The lowest BCUT2D eigenvalue weighted by molar-refractivity contribution is -0.0531. The van der Waals surface area contributed by atoms with E-state index in [-0.39, 0.29) is 15.9 Å². The molecule has 22 heteroatoms. The van der Waals surface area contributed by atoms with E-state index in [1.807, 2.05) is 0 Å². The zero-order valence-corrected chi connectivity index (χ0v) is 19.2. The SMILES string of the molecule is O=c1cnc2cn([C@@H]3O[C@H](COP(=O)(O)OP(=O)(O)OP(=O)(O)O)[C@H](O)C3O)c(=S)nc2[nH]1. The van der Waals surface area contributed by atoms with Gasteiger partial charge in [-0.2, -0.15) is 13.6 Å². The van der Waals surface area contributed by atoms with E-state index >= 15 is 0 Å². The van der Waals surface area contributed by atoms with Crippen molar-refractivity contribution in [2.75, 3.05) is 6.61 Å². The number of aliphatic hydroxyl groups excluding tert-OH is 2. The highest BCUT2D eigenvalue weighted by molar-refractivity contribution is 7.71. The zero-order chi connectivity index (χ0) is 24.8. The number of rotatable bonds is 8. The Kier molecular flexibility index (Phi) is 7.51. The number of hydrogen-bond donors (Lipinski definition) is 7. The van der Waals surface area contributed by atoms with Gasteiger partial charge in [0.2, 0.25) is 4.77 Å². The molecule has 18 nitrogen and oxygen atoms in total. The summed E-state index contributed by atoms with van der Waals surface area (Å²) in [5.74, 6) is 0. The lowest BCUT2D eigenvalue weighted by atomic mass is 10.1. The second-order valence-electron chi connectivity index (χ2n) is 6.35. The maximum Gasteiger partial charge on any atom is 0.490 e. The molecule has 184 valence electrons. The minimum absolute atomic E-state index is 0.0426. The molecule has 0 amide bonds. The first-order chi connectivity index (χ1) is 15.1. The van der Waals surface area contributed by atoms with Crippen LogP contribution in [-0.2, 0) is 31.6 Å². The maximum absolute atomic E-state index is 11.8. The first kappa shape index (κ1) is 26.3. The van der Waals surface area contributed by atoms with Crippen LogP contribution in [0.1, 0.15) is 6.23 Å². The van der Waals surface area contributed by atoms with E-state index < -0.39 is 60.2 Å². The van der Waals surface area contributed by atoms with Crippen LogP contribution in [0, 0.1) is 4.77 Å². The van der Waals surface area contributed by atoms with E-state index in [4.69, 9.17) is 31.6 Å². The Balaban J connectivity index is 1.73. The van der Waals surface area contributed by atoms with Gasteiger partial charge in [0.05, 0.1) is 12.8 Å². The fraction of sp³-hybridized carbons (Fsp3) is 0.455. The van der Waals surface area contributed by atoms with E-state index in [2.05, 4.69) is 28.1 Å². The molecule has 2 aromatic rings. The predicted octanol–water partition coefficient (Wildman–Crippen LogP) is -1.19. The monoisotopic (exact) mass is 552 g/mol. The first-order valence-corrected chi connectivity index (χ1v) is 13.3. The molecular formula is C11H15N4O14P3S. The molecule has 0 spiro atoms. The number of H-pyrrole nitrogens is 1. The lowest BCUT2D eigenvalue weighted by Gasteiger charge is -2.19. The summed E-state index contributed by atoms with van der Waals surface area (Å²) in [5.41, 5.74) is -0.354. The van der Waals surface area contributed by atoms with Gasteiger partial charge in [-0.1, -0.05) is 0 Å². The molecule has 0 aliphatic carbocycles. The third-order valence-corrected chi connectivity index (χ3v) is 8.03. The van der Waals surface area contributed by atoms with Gasteiger partial charge in [-0.15, -0.1) is 0 Å². The van der Waals surface area contributed by atoms with Crippen LogP contribution in [0.5, 0.6) is 0 Å². The average molecular weight is 552 g/mol. The topological polar surface area (TPSA) is 273 Å². The second-order valence-corrected chi connectivity index (χ2v) is 11.1. The van der Waals surface area contributed by atoms with Crippen molar-refractivity contribution in [2.45, 2.75) is 24.5 Å². The van der Waals surface area contributed by atoms with Gasteiger partial charge in [0.1, 0.15) is 23.8 Å². The lowest BCUT2D eigenvalue weighted by Crippen LogP contribution is -2.33. The molecule has 0 radical (unpaired) electrons. The summed E-state index contributed by atoms with van der Waals surface area (Å²) in [6.45, 7) is -1.00. The van der Waals surface area contributed by atoms with Crippen molar-refractivity contribution in [3.8, 4) is 0 Å². The van der Waals surface area contributed by atoms with Crippen molar-refractivity contribution in [2.24, 2.45) is 0 Å². The second kappa shape index (κ2) is 9.41. The Hall–Kier alpha value is -1.27. The average Bonchev–Trinajstić information content (AvgIpc) is 2.91. The Labute approximate surface area is 186 Å². The van der Waals surface area contributed by atoms with Crippen LogP contribution in [0.4, 0.5) is 0 Å². The molecule has 33 heavy (non-hydrogen) atoms. The number of ether oxygens (including phenoxy) is 1. The van der Waals surface area contributed by atoms with Crippen molar-refractivity contribution in [1.82, 2.24) is 19.5 Å². The fourth-order valence-corrected chi connectivity index (χ4v) is 5.95. The summed E-state index contributed by atoms with van der Waals surface area (Å²) >= 11 is 5.07. The van der Waals surface area contributed by atoms with E-state index in [1.165, 1.54) is 6.20 Å². The highest BCUT2D eigenvalue weighted by atomic mass is 32.1. The van der Waals surface area contributed by atoms with Gasteiger partial charge in [-0.05, 0) is 12.2 Å². The Bertz CT molecular complexity index is 1310. The summed E-state index contributed by atoms with van der Waals surface area (Å²) in [6.07, 6.45) is -4.10. The number of phosphoric acid groups is 3. The maximum atomic E-state index is 11.8. The molecule has 7 N–H and O–H groups in total. The summed E-state index contributed by atoms with van der Waals surface area (Å²) in [7, 11) is -16.8. The van der Waals surface area contributed by atoms with Gasteiger partial charge >= 0.3 is 23.5 Å². The fourth-order valence-electron chi connectivity index (χ4n) is 2.67. The summed E-state index contributed by atoms with van der Waals surface area (Å²) in [4.78, 5) is 57.1. The van der Waals surface area contributed by atoms with E-state index in [1.54, 1.807) is 0 Å². The van der Waals surface area contributed by atoms with Crippen molar-refractivity contribution in [1.29, 1.82) is 0 Å². The normalized spacial score (nSPS) is 27.3. The number of phosphoric ester groups is 1. The molecule has 1 fully saturated rings. The van der Waals surface area contributed by atoms with Crippen molar-refractivity contribution in [3.63, 3.8) is 0 Å². The van der Waals surface area contributed by atoms with Crippen LogP contribution in [0.3, 0.4) is 0 Å². The van der Waals surface area contributed by atoms with E-state index in [9.17, 15) is 33.6 Å². The van der Waals surface area contributed by atoms with Crippen LogP contribution in [-0.4, -0.2) is 74.2 Å². The minimum Gasteiger partial charge on any atom is -0.387 e. The first-order valence-electron chi connectivity index (χ1n) is 8.35. The molecular weight excluding hydrogens is 537 g/mol. The molecule has 0 aromatic carbocycles. The highest BCUT2D eigenvalue weighted by Crippen LogP contribution is 2.66. The van der Waals surface area contributed by atoms with Crippen LogP contribution >= 0.6 is 35.7 Å². The molecule has 2 aromatic heterocycles. The molecule has 1 aliphatic heterocycles. The largest absolute Gasteiger partial charge is 0.490 e.